The predicted octanol–water partition coefficient (Wildman–Crippen LogP) is 4.36. The molecule has 11 heteroatoms. The lowest BCUT2D eigenvalue weighted by Crippen LogP contribution is -2.08. The lowest BCUT2D eigenvalue weighted by Gasteiger charge is -2.03. The van der Waals surface area contributed by atoms with E-state index in [-0.39, 0.29) is 55.2 Å². The Balaban J connectivity index is 1.77. The molecule has 1 aromatic heterocycles. The highest BCUT2D eigenvalue weighted by Gasteiger charge is 2.27. The van der Waals surface area contributed by atoms with Gasteiger partial charge in [0.1, 0.15) is 6.26 Å². The first-order chi connectivity index (χ1) is 14.8. The van der Waals surface area contributed by atoms with Crippen LogP contribution in [0.1, 0.15) is 11.1 Å². The molecule has 0 bridgehead atoms. The quantitative estimate of drug-likeness (QED) is 0.245. The molecule has 0 unspecified atom stereocenters. The average molecular weight is 461 g/mol. The van der Waals surface area contributed by atoms with Gasteiger partial charge in [-0.15, -0.1) is 0 Å². The molecule has 4 rings (SSSR count). The topological polar surface area (TPSA) is 121 Å². The van der Waals surface area contributed by atoms with Gasteiger partial charge in [0.2, 0.25) is 5.90 Å². The van der Waals surface area contributed by atoms with Crippen LogP contribution in [0, 0.1) is 10.1 Å². The van der Waals surface area contributed by atoms with Gasteiger partial charge in [-0.2, -0.15) is 0 Å². The Hall–Kier alpha value is -3.69. The number of methoxy groups -OCH3 is 1. The molecule has 0 spiro atoms. The number of benzene rings is 2. The molecule has 9 nitrogen and oxygen atoms in total. The van der Waals surface area contributed by atoms with Gasteiger partial charge in [0, 0.05) is 16.7 Å². The lowest BCUT2D eigenvalue weighted by atomic mass is 10.1. The number of halogens is 2. The van der Waals surface area contributed by atoms with Gasteiger partial charge in [0.05, 0.1) is 28.0 Å². The number of aliphatic imine (C=N–C) groups is 1. The smallest absolute Gasteiger partial charge is 0.363 e. The minimum absolute atomic E-state index is 0.0171. The van der Waals surface area contributed by atoms with Crippen LogP contribution in [0.3, 0.4) is 0 Å². The Morgan fingerprint density at radius 1 is 1.19 bits per heavy atom. The third kappa shape index (κ3) is 3.76. The molecular formula is C20H10Cl2N2O7. The maximum Gasteiger partial charge on any atom is 0.363 e. The van der Waals surface area contributed by atoms with E-state index in [9.17, 15) is 19.7 Å². The zero-order valence-corrected chi connectivity index (χ0v) is 17.1. The van der Waals surface area contributed by atoms with Crippen LogP contribution in [0.4, 0.5) is 5.69 Å². The molecule has 2 heterocycles. The minimum atomic E-state index is -0.836. The summed E-state index contributed by atoms with van der Waals surface area (Å²) in [5.41, 5.74) is -0.623. The maximum absolute atomic E-state index is 12.8. The molecule has 1 aliphatic heterocycles. The third-order valence-electron chi connectivity index (χ3n) is 4.35. The summed E-state index contributed by atoms with van der Waals surface area (Å²) in [6.07, 6.45) is 2.32. The Bertz CT molecular complexity index is 1390. The second-order valence-electron chi connectivity index (χ2n) is 6.26. The SMILES string of the molecule is COc1ccc(C2=NC(=Cc3coc4c(Cl)cc(Cl)cc4c3=O)C(=O)O2)cc1[N+](=O)[O-]. The van der Waals surface area contributed by atoms with Crippen LogP contribution >= 0.6 is 23.2 Å². The van der Waals surface area contributed by atoms with E-state index in [0.717, 1.165) is 6.26 Å². The van der Waals surface area contributed by atoms with E-state index in [4.69, 9.17) is 37.1 Å². The number of carbonyl (C=O) groups is 1. The van der Waals surface area contributed by atoms with Crippen molar-refractivity contribution in [3.05, 3.63) is 83.8 Å². The molecule has 0 N–H and O–H groups in total. The first-order valence-electron chi connectivity index (χ1n) is 8.54. The number of nitro benzene ring substituents is 1. The summed E-state index contributed by atoms with van der Waals surface area (Å²) >= 11 is 12.0. The first-order valence-corrected chi connectivity index (χ1v) is 9.30. The first kappa shape index (κ1) is 20.6. The summed E-state index contributed by atoms with van der Waals surface area (Å²) in [7, 11) is 1.30. The summed E-state index contributed by atoms with van der Waals surface area (Å²) in [5.74, 6) is -0.948. The van der Waals surface area contributed by atoms with E-state index >= 15 is 0 Å². The van der Waals surface area contributed by atoms with Crippen molar-refractivity contribution in [2.45, 2.75) is 0 Å². The van der Waals surface area contributed by atoms with E-state index < -0.39 is 16.3 Å². The molecule has 0 radical (unpaired) electrons. The Kier molecular flexibility index (Phi) is 5.22. The highest BCUT2D eigenvalue weighted by Crippen LogP contribution is 2.30. The maximum atomic E-state index is 12.8. The molecule has 0 fully saturated rings. The number of nitrogens with zero attached hydrogens (tertiary/aromatic N) is 2. The summed E-state index contributed by atoms with van der Waals surface area (Å²) in [4.78, 5) is 39.6. The Morgan fingerprint density at radius 3 is 2.68 bits per heavy atom. The zero-order chi connectivity index (χ0) is 22.3. The third-order valence-corrected chi connectivity index (χ3v) is 4.85. The fourth-order valence-corrected chi connectivity index (χ4v) is 3.46. The zero-order valence-electron chi connectivity index (χ0n) is 15.5. The molecule has 0 amide bonds. The molecule has 0 atom stereocenters. The normalized spacial score (nSPS) is 14.6. The minimum Gasteiger partial charge on any atom is -0.490 e. The number of carbonyl (C=O) groups excluding carboxylic acids is 1. The highest BCUT2D eigenvalue weighted by atomic mass is 35.5. The van der Waals surface area contributed by atoms with Gasteiger partial charge in [-0.05, 0) is 30.3 Å². The number of hydrogen-bond acceptors (Lipinski definition) is 8. The molecular weight excluding hydrogens is 451 g/mol. The monoisotopic (exact) mass is 460 g/mol. The van der Waals surface area contributed by atoms with Gasteiger partial charge < -0.3 is 13.9 Å². The van der Waals surface area contributed by atoms with Crippen LogP contribution in [-0.4, -0.2) is 23.9 Å². The summed E-state index contributed by atoms with van der Waals surface area (Å²) in [5, 5.41) is 11.8. The number of hydrogen-bond donors (Lipinski definition) is 0. The van der Waals surface area contributed by atoms with E-state index in [0.29, 0.717) is 0 Å². The van der Waals surface area contributed by atoms with Gasteiger partial charge in [-0.25, -0.2) is 9.79 Å². The van der Waals surface area contributed by atoms with Crippen molar-refractivity contribution in [3.8, 4) is 5.75 Å². The fraction of sp³-hybridized carbons (Fsp3) is 0.0500. The van der Waals surface area contributed by atoms with Gasteiger partial charge in [-0.3, -0.25) is 14.9 Å². The van der Waals surface area contributed by atoms with E-state index in [2.05, 4.69) is 4.99 Å². The van der Waals surface area contributed by atoms with Crippen molar-refractivity contribution in [3.63, 3.8) is 0 Å². The van der Waals surface area contributed by atoms with E-state index in [1.807, 2.05) is 0 Å². The van der Waals surface area contributed by atoms with Crippen molar-refractivity contribution in [1.29, 1.82) is 0 Å². The molecule has 3 aromatic rings. The second kappa shape index (κ2) is 7.86. The van der Waals surface area contributed by atoms with Crippen LogP contribution in [0.25, 0.3) is 17.0 Å². The summed E-state index contributed by atoms with van der Waals surface area (Å²) in [6, 6.07) is 6.81. The number of nitro groups is 1. The van der Waals surface area contributed by atoms with Crippen molar-refractivity contribution in [2.75, 3.05) is 7.11 Å². The van der Waals surface area contributed by atoms with E-state index in [1.54, 1.807) is 0 Å². The molecule has 0 aliphatic carbocycles. The molecule has 2 aromatic carbocycles. The van der Waals surface area contributed by atoms with Crippen LogP contribution < -0.4 is 10.2 Å². The average Bonchev–Trinajstić information content (AvgIpc) is 3.10. The second-order valence-corrected chi connectivity index (χ2v) is 7.11. The molecule has 31 heavy (non-hydrogen) atoms. The number of fused-ring (bicyclic) bond motifs is 1. The molecule has 1 aliphatic rings. The fourth-order valence-electron chi connectivity index (χ4n) is 2.93. The summed E-state index contributed by atoms with van der Waals surface area (Å²) < 4.78 is 15.5. The van der Waals surface area contributed by atoms with E-state index in [1.165, 1.54) is 43.5 Å². The van der Waals surface area contributed by atoms with Crippen molar-refractivity contribution < 1.29 is 23.6 Å². The van der Waals surface area contributed by atoms with Gasteiger partial charge in [0.15, 0.2) is 22.5 Å². The highest BCUT2D eigenvalue weighted by molar-refractivity contribution is 6.38. The largest absolute Gasteiger partial charge is 0.490 e. The Morgan fingerprint density at radius 2 is 1.97 bits per heavy atom. The lowest BCUT2D eigenvalue weighted by molar-refractivity contribution is -0.385. The van der Waals surface area contributed by atoms with Crippen LogP contribution in [-0.2, 0) is 9.53 Å². The predicted molar refractivity (Wildman–Crippen MR) is 113 cm³/mol. The molecule has 156 valence electrons. The number of rotatable bonds is 4. The molecule has 0 saturated carbocycles. The van der Waals surface area contributed by atoms with Crippen molar-refractivity contribution in [1.82, 2.24) is 0 Å². The standard InChI is InChI=1S/C20H10Cl2N2O7/c1-29-16-3-2-9(5-15(16)24(27)28)19-23-14(20(26)31-19)4-10-8-30-18-12(17(10)25)6-11(21)7-13(18)22/h2-8H,1H3. The number of esters is 1. The van der Waals surface area contributed by atoms with Crippen LogP contribution in [0.15, 0.2) is 56.5 Å². The van der Waals surface area contributed by atoms with Crippen LogP contribution in [0.2, 0.25) is 10.0 Å². The van der Waals surface area contributed by atoms with Crippen LogP contribution in [0.5, 0.6) is 5.75 Å². The van der Waals surface area contributed by atoms with Crippen molar-refractivity contribution >= 4 is 57.8 Å². The Labute approximate surface area is 183 Å². The number of ether oxygens (including phenoxy) is 2. The van der Waals surface area contributed by atoms with Gasteiger partial charge >= 0.3 is 11.7 Å². The van der Waals surface area contributed by atoms with Gasteiger partial charge in [0.25, 0.3) is 0 Å². The summed E-state index contributed by atoms with van der Waals surface area (Å²) in [6.45, 7) is 0. The number of cyclic esters (lactones) is 1. The van der Waals surface area contributed by atoms with Gasteiger partial charge in [-0.1, -0.05) is 23.2 Å². The van der Waals surface area contributed by atoms with Crippen molar-refractivity contribution in [2.24, 2.45) is 4.99 Å². The molecule has 0 saturated heterocycles.